The average molecular weight is 257 g/mol. The van der Waals surface area contributed by atoms with Crippen LogP contribution in [0.5, 0.6) is 0 Å². The molecule has 0 aliphatic heterocycles. The fraction of sp³-hybridized carbons (Fsp3) is 0.545. The topological polar surface area (TPSA) is 76.3 Å². The van der Waals surface area contributed by atoms with Crippen LogP contribution in [0, 0.1) is 0 Å². The van der Waals surface area contributed by atoms with Crippen molar-refractivity contribution < 1.29 is 8.42 Å². The van der Waals surface area contributed by atoms with E-state index in [1.165, 1.54) is 10.5 Å². The summed E-state index contributed by atoms with van der Waals surface area (Å²) in [4.78, 5) is 4.07. The molecule has 5 nitrogen and oxygen atoms in total. The minimum absolute atomic E-state index is 0.182. The molecule has 2 N–H and O–H groups in total. The van der Waals surface area contributed by atoms with Crippen LogP contribution in [0.2, 0.25) is 0 Å². The molecular formula is C11H19N3O2S. The van der Waals surface area contributed by atoms with Crippen molar-refractivity contribution in [2.24, 2.45) is 0 Å². The van der Waals surface area contributed by atoms with Gasteiger partial charge in [0.15, 0.2) is 0 Å². The summed E-state index contributed by atoms with van der Waals surface area (Å²) in [6.07, 6.45) is 1.46. The number of rotatable bonds is 4. The molecule has 0 aliphatic carbocycles. The van der Waals surface area contributed by atoms with Gasteiger partial charge < -0.3 is 5.73 Å². The minimum Gasteiger partial charge on any atom is -0.397 e. The first-order valence-electron chi connectivity index (χ1n) is 5.51. The predicted octanol–water partition coefficient (Wildman–Crippen LogP) is 1.62. The number of aromatic nitrogens is 1. The van der Waals surface area contributed by atoms with E-state index in [0.717, 1.165) is 0 Å². The van der Waals surface area contributed by atoms with Crippen LogP contribution < -0.4 is 10.0 Å². The van der Waals surface area contributed by atoms with Crippen LogP contribution in [0.1, 0.15) is 27.7 Å². The van der Waals surface area contributed by atoms with Gasteiger partial charge in [-0.3, -0.25) is 4.31 Å². The Balaban J connectivity index is 3.24. The third-order valence-corrected chi connectivity index (χ3v) is 4.68. The molecule has 0 bridgehead atoms. The first kappa shape index (κ1) is 13.8. The van der Waals surface area contributed by atoms with Crippen molar-refractivity contribution in [3.05, 3.63) is 18.3 Å². The summed E-state index contributed by atoms with van der Waals surface area (Å²) in [5.74, 6) is 0.405. The Morgan fingerprint density at radius 3 is 2.18 bits per heavy atom. The van der Waals surface area contributed by atoms with Crippen molar-refractivity contribution in [3.63, 3.8) is 0 Å². The molecule has 0 atom stereocenters. The van der Waals surface area contributed by atoms with Crippen LogP contribution in [-0.2, 0) is 10.0 Å². The fourth-order valence-corrected chi connectivity index (χ4v) is 2.85. The van der Waals surface area contributed by atoms with Crippen LogP contribution in [-0.4, -0.2) is 24.7 Å². The van der Waals surface area contributed by atoms with Gasteiger partial charge in [0.1, 0.15) is 5.82 Å². The van der Waals surface area contributed by atoms with Crippen molar-refractivity contribution in [3.8, 4) is 0 Å². The van der Waals surface area contributed by atoms with E-state index >= 15 is 0 Å². The predicted molar refractivity (Wildman–Crippen MR) is 70.3 cm³/mol. The van der Waals surface area contributed by atoms with E-state index in [1.807, 2.05) is 13.8 Å². The highest BCUT2D eigenvalue weighted by atomic mass is 32.2. The van der Waals surface area contributed by atoms with E-state index in [2.05, 4.69) is 4.98 Å². The molecule has 0 fully saturated rings. The zero-order valence-corrected chi connectivity index (χ0v) is 11.4. The van der Waals surface area contributed by atoms with Gasteiger partial charge in [0.2, 0.25) is 10.0 Å². The second kappa shape index (κ2) is 4.91. The molecule has 0 radical (unpaired) electrons. The molecule has 6 heteroatoms. The minimum atomic E-state index is -3.37. The number of sulfonamides is 1. The first-order chi connectivity index (χ1) is 7.76. The maximum absolute atomic E-state index is 12.2. The molecule has 0 unspecified atom stereocenters. The summed E-state index contributed by atoms with van der Waals surface area (Å²) in [7, 11) is -3.37. The molecule has 0 saturated heterocycles. The lowest BCUT2D eigenvalue weighted by Gasteiger charge is -2.28. The summed E-state index contributed by atoms with van der Waals surface area (Å²) in [6.45, 7) is 6.94. The number of hydrogen-bond acceptors (Lipinski definition) is 4. The van der Waals surface area contributed by atoms with Gasteiger partial charge in [0.25, 0.3) is 0 Å². The number of nitrogen functional groups attached to an aromatic ring is 1. The molecule has 0 aromatic carbocycles. The fourth-order valence-electron chi connectivity index (χ4n) is 1.44. The zero-order valence-electron chi connectivity index (χ0n) is 10.6. The van der Waals surface area contributed by atoms with Crippen molar-refractivity contribution >= 4 is 21.5 Å². The van der Waals surface area contributed by atoms with Crippen molar-refractivity contribution in [1.82, 2.24) is 4.98 Å². The number of nitrogens with zero attached hydrogens (tertiary/aromatic N) is 2. The van der Waals surface area contributed by atoms with Crippen molar-refractivity contribution in [2.45, 2.75) is 39.0 Å². The molecule has 0 aliphatic rings. The Bertz CT molecular complexity index is 466. The Morgan fingerprint density at radius 1 is 1.24 bits per heavy atom. The maximum atomic E-state index is 12.2. The Hall–Kier alpha value is -1.30. The van der Waals surface area contributed by atoms with Gasteiger partial charge in [0, 0.05) is 6.04 Å². The summed E-state index contributed by atoms with van der Waals surface area (Å²) < 4.78 is 25.8. The number of hydrogen-bond donors (Lipinski definition) is 1. The summed E-state index contributed by atoms with van der Waals surface area (Å²) >= 11 is 0. The van der Waals surface area contributed by atoms with Crippen LogP contribution >= 0.6 is 0 Å². The van der Waals surface area contributed by atoms with Crippen LogP contribution in [0.25, 0.3) is 0 Å². The van der Waals surface area contributed by atoms with E-state index in [-0.39, 0.29) is 6.04 Å². The lowest BCUT2D eigenvalue weighted by Crippen LogP contribution is -2.41. The van der Waals surface area contributed by atoms with Gasteiger partial charge in [0.05, 0.1) is 17.1 Å². The molecular weight excluding hydrogens is 238 g/mol. The van der Waals surface area contributed by atoms with Gasteiger partial charge in [-0.1, -0.05) is 0 Å². The highest BCUT2D eigenvalue weighted by molar-refractivity contribution is 7.93. The molecule has 1 aromatic rings. The van der Waals surface area contributed by atoms with E-state index in [4.69, 9.17) is 5.73 Å². The number of anilines is 2. The molecule has 17 heavy (non-hydrogen) atoms. The van der Waals surface area contributed by atoms with Gasteiger partial charge in [-0.25, -0.2) is 13.4 Å². The standard InChI is InChI=1S/C11H19N3O2S/c1-8(2)14(17(15,16)9(3)4)11-6-5-10(12)7-13-11/h5-9H,12H2,1-4H3. The SMILES string of the molecule is CC(C)N(c1ccc(N)cn1)S(=O)(=O)C(C)C. The van der Waals surface area contributed by atoms with Crippen LogP contribution in [0.4, 0.5) is 11.5 Å². The average Bonchev–Trinajstić information content (AvgIpc) is 2.20. The number of pyridine rings is 1. The highest BCUT2D eigenvalue weighted by Crippen LogP contribution is 2.21. The Labute approximate surface area is 103 Å². The Morgan fingerprint density at radius 2 is 1.82 bits per heavy atom. The highest BCUT2D eigenvalue weighted by Gasteiger charge is 2.29. The molecule has 96 valence electrons. The van der Waals surface area contributed by atoms with Gasteiger partial charge in [-0.2, -0.15) is 0 Å². The molecule has 1 rings (SSSR count). The summed E-state index contributed by atoms with van der Waals surface area (Å²) in [6, 6.07) is 3.08. The molecule has 0 amide bonds. The Kier molecular flexibility index (Phi) is 3.98. The normalized spacial score (nSPS) is 12.1. The van der Waals surface area contributed by atoms with Crippen LogP contribution in [0.3, 0.4) is 0 Å². The van der Waals surface area contributed by atoms with Gasteiger partial charge >= 0.3 is 0 Å². The second-order valence-corrected chi connectivity index (χ2v) is 6.80. The molecule has 0 spiro atoms. The number of nitrogens with two attached hydrogens (primary N) is 1. The van der Waals surface area contributed by atoms with Crippen molar-refractivity contribution in [1.29, 1.82) is 0 Å². The molecule has 1 heterocycles. The summed E-state index contributed by atoms with van der Waals surface area (Å²) in [5.41, 5.74) is 6.05. The molecule has 1 aromatic heterocycles. The van der Waals surface area contributed by atoms with Gasteiger partial charge in [-0.15, -0.1) is 0 Å². The van der Waals surface area contributed by atoms with Crippen molar-refractivity contribution in [2.75, 3.05) is 10.0 Å². The smallest absolute Gasteiger partial charge is 0.238 e. The van der Waals surface area contributed by atoms with Crippen LogP contribution in [0.15, 0.2) is 18.3 Å². The lowest BCUT2D eigenvalue weighted by molar-refractivity contribution is 0.574. The monoisotopic (exact) mass is 257 g/mol. The first-order valence-corrected chi connectivity index (χ1v) is 7.02. The molecule has 0 saturated carbocycles. The largest absolute Gasteiger partial charge is 0.397 e. The van der Waals surface area contributed by atoms with Gasteiger partial charge in [-0.05, 0) is 39.8 Å². The third-order valence-electron chi connectivity index (χ3n) is 2.34. The quantitative estimate of drug-likeness (QED) is 0.889. The second-order valence-electron chi connectivity index (χ2n) is 4.43. The third kappa shape index (κ3) is 2.88. The zero-order chi connectivity index (χ0) is 13.2. The maximum Gasteiger partial charge on any atom is 0.238 e. The van der Waals surface area contributed by atoms with E-state index in [9.17, 15) is 8.42 Å². The van der Waals surface area contributed by atoms with E-state index < -0.39 is 15.3 Å². The lowest BCUT2D eigenvalue weighted by atomic mass is 10.3. The van der Waals surface area contributed by atoms with E-state index in [0.29, 0.717) is 11.5 Å². The van der Waals surface area contributed by atoms with E-state index in [1.54, 1.807) is 26.0 Å². The summed E-state index contributed by atoms with van der Waals surface area (Å²) in [5, 5.41) is -0.482.